The van der Waals surface area contributed by atoms with Gasteiger partial charge in [-0.3, -0.25) is 19.3 Å². The van der Waals surface area contributed by atoms with Gasteiger partial charge in [-0.25, -0.2) is 0 Å². The molecule has 0 saturated heterocycles. The van der Waals surface area contributed by atoms with Crippen LogP contribution in [0.4, 0.5) is 0 Å². The molecule has 0 spiro atoms. The van der Waals surface area contributed by atoms with Crippen LogP contribution in [0.3, 0.4) is 0 Å². The summed E-state index contributed by atoms with van der Waals surface area (Å²) in [6.07, 6.45) is 5.86. The Kier molecular flexibility index (Phi) is 5.65. The number of pyridine rings is 1. The fourth-order valence-corrected chi connectivity index (χ4v) is 1.95. The van der Waals surface area contributed by atoms with Crippen molar-refractivity contribution in [1.29, 1.82) is 0 Å². The quantitative estimate of drug-likeness (QED) is 0.720. The van der Waals surface area contributed by atoms with Crippen molar-refractivity contribution >= 4 is 11.8 Å². The second kappa shape index (κ2) is 7.92. The second-order valence-electron chi connectivity index (χ2n) is 4.79. The lowest BCUT2D eigenvalue weighted by atomic mass is 10.2. The largest absolute Gasteiger partial charge is 0.354 e. The third-order valence-electron chi connectivity index (χ3n) is 3.19. The summed E-state index contributed by atoms with van der Waals surface area (Å²) in [5, 5.41) is 9.55. The number of rotatable bonds is 7. The van der Waals surface area contributed by atoms with Crippen molar-refractivity contribution in [2.24, 2.45) is 7.05 Å². The Bertz CT molecular complexity index is 624. The highest BCUT2D eigenvalue weighted by molar-refractivity contribution is 5.93. The molecule has 2 aromatic rings. The number of carbonyl (C=O) groups is 2. The molecule has 0 saturated carbocycles. The first kappa shape index (κ1) is 15.7. The van der Waals surface area contributed by atoms with Crippen LogP contribution in [-0.4, -0.2) is 39.7 Å². The van der Waals surface area contributed by atoms with Crippen molar-refractivity contribution in [2.75, 3.05) is 13.1 Å². The molecule has 0 bridgehead atoms. The lowest BCUT2D eigenvalue weighted by Gasteiger charge is -2.07. The van der Waals surface area contributed by atoms with Crippen LogP contribution in [0.1, 0.15) is 22.5 Å². The van der Waals surface area contributed by atoms with E-state index in [1.807, 2.05) is 13.1 Å². The SMILES string of the molecule is Cn1nccc1CCC(=O)NCCNC(=O)c1cccnc1. The van der Waals surface area contributed by atoms with Gasteiger partial charge in [-0.1, -0.05) is 0 Å². The molecule has 2 aromatic heterocycles. The van der Waals surface area contributed by atoms with Crippen molar-refractivity contribution < 1.29 is 9.59 Å². The van der Waals surface area contributed by atoms with Gasteiger partial charge in [0.1, 0.15) is 0 Å². The number of amides is 2. The molecule has 2 N–H and O–H groups in total. The Balaban J connectivity index is 1.61. The molecule has 7 nitrogen and oxygen atoms in total. The smallest absolute Gasteiger partial charge is 0.252 e. The average molecular weight is 301 g/mol. The number of aromatic nitrogens is 3. The number of carbonyl (C=O) groups excluding carboxylic acids is 2. The lowest BCUT2D eigenvalue weighted by Crippen LogP contribution is -2.34. The third-order valence-corrected chi connectivity index (χ3v) is 3.19. The van der Waals surface area contributed by atoms with Gasteiger partial charge in [0.05, 0.1) is 5.56 Å². The average Bonchev–Trinajstić information content (AvgIpc) is 2.95. The maximum absolute atomic E-state index is 11.7. The van der Waals surface area contributed by atoms with Gasteiger partial charge in [-0.2, -0.15) is 5.10 Å². The molecule has 7 heteroatoms. The van der Waals surface area contributed by atoms with Crippen LogP contribution in [0.25, 0.3) is 0 Å². The van der Waals surface area contributed by atoms with Crippen molar-refractivity contribution in [2.45, 2.75) is 12.8 Å². The van der Waals surface area contributed by atoms with Crippen LogP contribution >= 0.6 is 0 Å². The topological polar surface area (TPSA) is 88.9 Å². The summed E-state index contributed by atoms with van der Waals surface area (Å²) in [5.41, 5.74) is 1.52. The normalized spacial score (nSPS) is 10.2. The molecule has 0 aliphatic carbocycles. The first-order chi connectivity index (χ1) is 10.7. The predicted octanol–water partition coefficient (Wildman–Crippen LogP) is 0.294. The molecule has 2 rings (SSSR count). The summed E-state index contributed by atoms with van der Waals surface area (Å²) in [5.74, 6) is -0.242. The Labute approximate surface area is 128 Å². The van der Waals surface area contributed by atoms with E-state index >= 15 is 0 Å². The standard InChI is InChI=1S/C15H19N5O2/c1-20-13(6-8-19-20)4-5-14(21)17-9-10-18-15(22)12-3-2-7-16-11-12/h2-3,6-8,11H,4-5,9-10H2,1H3,(H,17,21)(H,18,22). The number of hydrogen-bond donors (Lipinski definition) is 2. The first-order valence-corrected chi connectivity index (χ1v) is 7.08. The Morgan fingerprint density at radius 3 is 2.68 bits per heavy atom. The minimum atomic E-state index is -0.197. The van der Waals surface area contributed by atoms with E-state index in [1.54, 1.807) is 29.2 Å². The molecule has 116 valence electrons. The number of nitrogens with one attached hydrogen (secondary N) is 2. The maximum Gasteiger partial charge on any atom is 0.252 e. The van der Waals surface area contributed by atoms with Gasteiger partial charge in [0.2, 0.25) is 5.91 Å². The molecule has 2 heterocycles. The van der Waals surface area contributed by atoms with E-state index in [4.69, 9.17) is 0 Å². The molecule has 22 heavy (non-hydrogen) atoms. The summed E-state index contributed by atoms with van der Waals surface area (Å²) in [7, 11) is 1.85. The van der Waals surface area contributed by atoms with E-state index in [0.717, 1.165) is 5.69 Å². The number of hydrogen-bond acceptors (Lipinski definition) is 4. The van der Waals surface area contributed by atoms with E-state index in [2.05, 4.69) is 20.7 Å². The molecule has 0 unspecified atom stereocenters. The number of aryl methyl sites for hydroxylation is 2. The molecule has 0 radical (unpaired) electrons. The molecule has 0 aliphatic rings. The molecular weight excluding hydrogens is 282 g/mol. The highest BCUT2D eigenvalue weighted by atomic mass is 16.2. The molecular formula is C15H19N5O2. The second-order valence-corrected chi connectivity index (χ2v) is 4.79. The van der Waals surface area contributed by atoms with E-state index in [1.165, 1.54) is 6.20 Å². The molecule has 0 aromatic carbocycles. The summed E-state index contributed by atoms with van der Waals surface area (Å²) >= 11 is 0. The minimum absolute atomic E-state index is 0.0446. The Morgan fingerprint density at radius 2 is 2.00 bits per heavy atom. The molecule has 0 fully saturated rings. The van der Waals surface area contributed by atoms with Gasteiger partial charge >= 0.3 is 0 Å². The Hall–Kier alpha value is -2.70. The van der Waals surface area contributed by atoms with Crippen LogP contribution in [-0.2, 0) is 18.3 Å². The van der Waals surface area contributed by atoms with E-state index in [0.29, 0.717) is 31.5 Å². The van der Waals surface area contributed by atoms with Gasteiger partial charge in [0, 0.05) is 50.8 Å². The summed E-state index contributed by atoms with van der Waals surface area (Å²) in [6.45, 7) is 0.779. The molecule has 0 atom stereocenters. The zero-order valence-electron chi connectivity index (χ0n) is 12.5. The van der Waals surface area contributed by atoms with E-state index in [9.17, 15) is 9.59 Å². The fraction of sp³-hybridized carbons (Fsp3) is 0.333. The monoisotopic (exact) mass is 301 g/mol. The van der Waals surface area contributed by atoms with Crippen molar-refractivity contribution in [3.63, 3.8) is 0 Å². The minimum Gasteiger partial charge on any atom is -0.354 e. The van der Waals surface area contributed by atoms with Crippen molar-refractivity contribution in [3.8, 4) is 0 Å². The van der Waals surface area contributed by atoms with Crippen LogP contribution in [0.2, 0.25) is 0 Å². The van der Waals surface area contributed by atoms with E-state index in [-0.39, 0.29) is 11.8 Å². The summed E-state index contributed by atoms with van der Waals surface area (Å²) in [4.78, 5) is 27.3. The van der Waals surface area contributed by atoms with Crippen LogP contribution < -0.4 is 10.6 Å². The van der Waals surface area contributed by atoms with Crippen molar-refractivity contribution in [3.05, 3.63) is 48.0 Å². The highest BCUT2D eigenvalue weighted by Gasteiger charge is 2.06. The van der Waals surface area contributed by atoms with Gasteiger partial charge in [-0.15, -0.1) is 0 Å². The summed E-state index contributed by atoms with van der Waals surface area (Å²) < 4.78 is 1.75. The highest BCUT2D eigenvalue weighted by Crippen LogP contribution is 2.00. The summed E-state index contributed by atoms with van der Waals surface area (Å²) in [6, 6.07) is 5.28. The molecule has 2 amide bonds. The number of nitrogens with zero attached hydrogens (tertiary/aromatic N) is 3. The van der Waals surface area contributed by atoms with Crippen LogP contribution in [0, 0.1) is 0 Å². The Morgan fingerprint density at radius 1 is 1.18 bits per heavy atom. The van der Waals surface area contributed by atoms with Crippen LogP contribution in [0.15, 0.2) is 36.8 Å². The fourth-order valence-electron chi connectivity index (χ4n) is 1.95. The maximum atomic E-state index is 11.7. The third kappa shape index (κ3) is 4.69. The zero-order valence-corrected chi connectivity index (χ0v) is 12.5. The van der Waals surface area contributed by atoms with Crippen molar-refractivity contribution in [1.82, 2.24) is 25.4 Å². The zero-order chi connectivity index (χ0) is 15.8. The van der Waals surface area contributed by atoms with Gasteiger partial charge < -0.3 is 10.6 Å². The molecule has 0 aliphatic heterocycles. The van der Waals surface area contributed by atoms with Gasteiger partial charge in [0.15, 0.2) is 0 Å². The van der Waals surface area contributed by atoms with Crippen LogP contribution in [0.5, 0.6) is 0 Å². The van der Waals surface area contributed by atoms with E-state index < -0.39 is 0 Å². The lowest BCUT2D eigenvalue weighted by molar-refractivity contribution is -0.121. The van der Waals surface area contributed by atoms with Gasteiger partial charge in [-0.05, 0) is 24.6 Å². The first-order valence-electron chi connectivity index (χ1n) is 7.08. The van der Waals surface area contributed by atoms with Gasteiger partial charge in [0.25, 0.3) is 5.91 Å². The predicted molar refractivity (Wildman–Crippen MR) is 81.1 cm³/mol.